The number of carbonyl (C=O) groups is 1. The van der Waals surface area contributed by atoms with Crippen molar-refractivity contribution < 1.29 is 18.7 Å². The van der Waals surface area contributed by atoms with Crippen molar-refractivity contribution in [3.63, 3.8) is 0 Å². The molecule has 7 nitrogen and oxygen atoms in total. The highest BCUT2D eigenvalue weighted by molar-refractivity contribution is 5.85. The van der Waals surface area contributed by atoms with Gasteiger partial charge in [-0.25, -0.2) is 0 Å². The minimum Gasteiger partial charge on any atom is -0.386 e. The van der Waals surface area contributed by atoms with Gasteiger partial charge in [-0.05, 0) is 49.6 Å². The van der Waals surface area contributed by atoms with Crippen molar-refractivity contribution in [2.45, 2.75) is 51.3 Å². The summed E-state index contributed by atoms with van der Waals surface area (Å²) in [6, 6.07) is 11.7. The normalized spacial score (nSPS) is 14.2. The lowest BCUT2D eigenvalue weighted by Crippen LogP contribution is -2.46. The van der Waals surface area contributed by atoms with Crippen molar-refractivity contribution in [2.75, 3.05) is 0 Å². The van der Waals surface area contributed by atoms with Gasteiger partial charge in [0, 0.05) is 24.1 Å². The van der Waals surface area contributed by atoms with Crippen molar-refractivity contribution in [1.29, 1.82) is 0 Å². The first-order chi connectivity index (χ1) is 15.9. The first kappa shape index (κ1) is 23.6. The predicted octanol–water partition coefficient (Wildman–Crippen LogP) is 4.40. The molecule has 9 heteroatoms. The summed E-state index contributed by atoms with van der Waals surface area (Å²) < 4.78 is 29.0. The van der Waals surface area contributed by atoms with Gasteiger partial charge in [-0.3, -0.25) is 14.6 Å². The third kappa shape index (κ3) is 4.70. The number of fused-ring (bicyclic) bond motifs is 1. The van der Waals surface area contributed by atoms with Gasteiger partial charge in [0.15, 0.2) is 0 Å². The van der Waals surface area contributed by atoms with E-state index < -0.39 is 29.5 Å². The first-order valence-corrected chi connectivity index (χ1v) is 10.9. The molecule has 4 aromatic rings. The number of nitrogens with one attached hydrogen (secondary N) is 2. The van der Waals surface area contributed by atoms with Crippen LogP contribution in [0.15, 0.2) is 61.1 Å². The summed E-state index contributed by atoms with van der Waals surface area (Å²) in [7, 11) is 0. The van der Waals surface area contributed by atoms with Crippen LogP contribution in [-0.2, 0) is 10.4 Å². The number of H-pyrrole nitrogens is 1. The summed E-state index contributed by atoms with van der Waals surface area (Å²) >= 11 is 0. The van der Waals surface area contributed by atoms with Crippen LogP contribution in [0.4, 0.5) is 8.78 Å². The molecule has 0 saturated carbocycles. The smallest absolute Gasteiger partial charge is 0.321 e. The number of amides is 1. The highest BCUT2D eigenvalue weighted by Gasteiger charge is 2.35. The number of aromatic amines is 1. The van der Waals surface area contributed by atoms with Crippen LogP contribution >= 0.6 is 0 Å². The Labute approximate surface area is 195 Å². The Morgan fingerprint density at radius 2 is 1.79 bits per heavy atom. The molecule has 0 aliphatic rings. The molecular formula is C25H27F2N5O2. The average molecular weight is 468 g/mol. The van der Waals surface area contributed by atoms with Gasteiger partial charge < -0.3 is 10.4 Å². The molecule has 2 aromatic carbocycles. The van der Waals surface area contributed by atoms with E-state index in [1.807, 2.05) is 30.3 Å². The highest BCUT2D eigenvalue weighted by atomic mass is 19.3. The fourth-order valence-corrected chi connectivity index (χ4v) is 4.01. The molecule has 2 atom stereocenters. The molecule has 0 spiro atoms. The van der Waals surface area contributed by atoms with Gasteiger partial charge in [0.1, 0.15) is 0 Å². The third-order valence-corrected chi connectivity index (χ3v) is 5.88. The Morgan fingerprint density at radius 1 is 1.09 bits per heavy atom. The fourth-order valence-electron chi connectivity index (χ4n) is 4.01. The van der Waals surface area contributed by atoms with Gasteiger partial charge in [-0.15, -0.1) is 0 Å². The Morgan fingerprint density at radius 3 is 2.38 bits per heavy atom. The van der Waals surface area contributed by atoms with Crippen LogP contribution in [0.3, 0.4) is 0 Å². The van der Waals surface area contributed by atoms with Gasteiger partial charge in [-0.2, -0.15) is 19.0 Å². The minimum atomic E-state index is -3.50. The van der Waals surface area contributed by atoms with Crippen LogP contribution in [0, 0.1) is 0 Å². The van der Waals surface area contributed by atoms with Crippen molar-refractivity contribution in [1.82, 2.24) is 25.3 Å². The van der Waals surface area contributed by atoms with E-state index >= 15 is 0 Å². The van der Waals surface area contributed by atoms with Crippen molar-refractivity contribution in [2.24, 2.45) is 0 Å². The molecule has 2 aromatic heterocycles. The average Bonchev–Trinajstić information content (AvgIpc) is 3.43. The Kier molecular flexibility index (Phi) is 5.99. The predicted molar refractivity (Wildman–Crippen MR) is 125 cm³/mol. The summed E-state index contributed by atoms with van der Waals surface area (Å²) in [5.74, 6) is -4.85. The number of nitrogens with zero attached hydrogens (tertiary/aromatic N) is 3. The third-order valence-electron chi connectivity index (χ3n) is 5.88. The fraction of sp³-hybridized carbons (Fsp3) is 0.320. The molecule has 3 N–H and O–H groups in total. The monoisotopic (exact) mass is 467 g/mol. The molecule has 178 valence electrons. The summed E-state index contributed by atoms with van der Waals surface area (Å²) in [4.78, 5) is 12.1. The van der Waals surface area contributed by atoms with E-state index in [-0.39, 0.29) is 0 Å². The van der Waals surface area contributed by atoms with Gasteiger partial charge in [0.2, 0.25) is 0 Å². The Balaban J connectivity index is 1.77. The van der Waals surface area contributed by atoms with E-state index in [4.69, 9.17) is 0 Å². The van der Waals surface area contributed by atoms with E-state index in [1.54, 1.807) is 56.2 Å². The molecule has 34 heavy (non-hydrogen) atoms. The number of carbonyl (C=O) groups excluding carboxylic acids is 1. The maximum Gasteiger partial charge on any atom is 0.321 e. The molecule has 0 saturated heterocycles. The zero-order valence-electron chi connectivity index (χ0n) is 19.4. The van der Waals surface area contributed by atoms with Crippen LogP contribution in [0.2, 0.25) is 0 Å². The van der Waals surface area contributed by atoms with Crippen LogP contribution < -0.4 is 5.32 Å². The molecule has 0 aliphatic carbocycles. The Hall–Kier alpha value is -3.59. The number of aromatic nitrogens is 4. The second-order valence-corrected chi connectivity index (χ2v) is 9.13. The Bertz CT molecular complexity index is 1290. The molecule has 2 heterocycles. The summed E-state index contributed by atoms with van der Waals surface area (Å²) in [6.07, 6.45) is 5.22. The quantitative estimate of drug-likeness (QED) is 0.375. The van der Waals surface area contributed by atoms with Crippen LogP contribution in [0.1, 0.15) is 44.9 Å². The maximum absolute atomic E-state index is 13.6. The van der Waals surface area contributed by atoms with Crippen LogP contribution in [0.5, 0.6) is 0 Å². The number of rotatable bonds is 7. The second kappa shape index (κ2) is 8.64. The molecule has 0 aliphatic heterocycles. The maximum atomic E-state index is 13.6. The van der Waals surface area contributed by atoms with Crippen molar-refractivity contribution in [3.05, 3.63) is 72.2 Å². The first-order valence-electron chi connectivity index (χ1n) is 10.9. The molecule has 1 unspecified atom stereocenters. The number of aliphatic hydroxyl groups is 1. The molecule has 4 rings (SSSR count). The van der Waals surface area contributed by atoms with Crippen molar-refractivity contribution in [3.8, 4) is 11.1 Å². The van der Waals surface area contributed by atoms with E-state index in [0.717, 1.165) is 27.6 Å². The van der Waals surface area contributed by atoms with E-state index in [2.05, 4.69) is 20.6 Å². The standard InChI is InChI=1S/C25H27F2N5O2/c1-15(31-23(33)25(4,26)27)22(16-5-8-20(9-6-16)24(2,3)34)32-21-10-7-17(11-18(21)14-30-32)19-12-28-29-13-19/h5-15,22,34H,1-4H3,(H,28,29)(H,31,33)/t15-,22?/m1/s1. The zero-order valence-corrected chi connectivity index (χ0v) is 19.4. The molecule has 0 fully saturated rings. The van der Waals surface area contributed by atoms with E-state index in [9.17, 15) is 18.7 Å². The van der Waals surface area contributed by atoms with Crippen LogP contribution in [0.25, 0.3) is 22.0 Å². The molecule has 1 amide bonds. The number of hydrogen-bond acceptors (Lipinski definition) is 4. The number of benzene rings is 2. The number of hydrogen-bond donors (Lipinski definition) is 3. The van der Waals surface area contributed by atoms with Crippen LogP contribution in [-0.4, -0.2) is 43.0 Å². The lowest BCUT2D eigenvalue weighted by molar-refractivity contribution is -0.143. The lowest BCUT2D eigenvalue weighted by atomic mass is 9.93. The summed E-state index contributed by atoms with van der Waals surface area (Å²) in [5.41, 5.74) is 3.11. The van der Waals surface area contributed by atoms with Crippen molar-refractivity contribution >= 4 is 16.8 Å². The van der Waals surface area contributed by atoms with Gasteiger partial charge in [0.05, 0.1) is 35.6 Å². The van der Waals surface area contributed by atoms with Gasteiger partial charge in [-0.1, -0.05) is 30.3 Å². The van der Waals surface area contributed by atoms with E-state index in [1.165, 1.54) is 0 Å². The number of halogens is 2. The van der Waals surface area contributed by atoms with Gasteiger partial charge in [0.25, 0.3) is 5.91 Å². The summed E-state index contributed by atoms with van der Waals surface area (Å²) in [5, 5.41) is 24.9. The van der Waals surface area contributed by atoms with Gasteiger partial charge >= 0.3 is 5.92 Å². The largest absolute Gasteiger partial charge is 0.386 e. The second-order valence-electron chi connectivity index (χ2n) is 9.13. The highest BCUT2D eigenvalue weighted by Crippen LogP contribution is 2.31. The zero-order chi connectivity index (χ0) is 24.7. The minimum absolute atomic E-state index is 0.570. The molecular weight excluding hydrogens is 440 g/mol. The lowest BCUT2D eigenvalue weighted by Gasteiger charge is -2.28. The SMILES string of the molecule is C[C@@H](NC(=O)C(C)(F)F)C(c1ccc(C(C)(C)O)cc1)n1ncc2cc(-c3cn[nH]c3)ccc21. The molecule has 0 radical (unpaired) electrons. The summed E-state index contributed by atoms with van der Waals surface area (Å²) in [6.45, 7) is 5.61. The molecule has 0 bridgehead atoms. The van der Waals surface area contributed by atoms with E-state index in [0.29, 0.717) is 12.5 Å². The topological polar surface area (TPSA) is 95.8 Å². The number of alkyl halides is 2.